The van der Waals surface area contributed by atoms with Crippen LogP contribution < -0.4 is 15.4 Å². The summed E-state index contributed by atoms with van der Waals surface area (Å²) in [5.41, 5.74) is -0.0292. The summed E-state index contributed by atoms with van der Waals surface area (Å²) in [6.45, 7) is -0.624. The predicted molar refractivity (Wildman–Crippen MR) is 105 cm³/mol. The number of amides is 2. The number of anilines is 1. The highest BCUT2D eigenvalue weighted by molar-refractivity contribution is 6.03. The van der Waals surface area contributed by atoms with Crippen LogP contribution in [0.4, 0.5) is 5.95 Å². The smallest absolute Gasteiger partial charge is 0.322 e. The number of aliphatic carboxylic acids is 1. The van der Waals surface area contributed by atoms with Crippen LogP contribution in [0.5, 0.6) is 17.4 Å². The number of carbonyl (C=O) groups is 3. The topological polar surface area (TPSA) is 151 Å². The molecular weight excluding hydrogens is 392 g/mol. The number of aromatic hydroxyl groups is 1. The van der Waals surface area contributed by atoms with Crippen LogP contribution in [-0.2, 0) is 4.79 Å². The third-order valence-electron chi connectivity index (χ3n) is 3.73. The molecule has 3 rings (SSSR count). The Labute approximate surface area is 170 Å². The second-order valence-corrected chi connectivity index (χ2v) is 5.90. The minimum atomic E-state index is -1.24. The third kappa shape index (κ3) is 5.29. The van der Waals surface area contributed by atoms with Crippen molar-refractivity contribution in [1.29, 1.82) is 0 Å². The van der Waals surface area contributed by atoms with E-state index in [1.807, 2.05) is 18.2 Å². The SMILES string of the molecule is O=C(O)CNC(=O)c1cnc(NC(=O)c2ccc(Oc3ccccc3)cc2)nc1O. The molecule has 0 aliphatic carbocycles. The fraction of sp³-hybridized carbons (Fsp3) is 0.0500. The number of hydrogen-bond acceptors (Lipinski definition) is 7. The lowest BCUT2D eigenvalue weighted by Crippen LogP contribution is -2.29. The van der Waals surface area contributed by atoms with Crippen molar-refractivity contribution in [2.75, 3.05) is 11.9 Å². The highest BCUT2D eigenvalue weighted by atomic mass is 16.5. The van der Waals surface area contributed by atoms with Crippen LogP contribution in [0.3, 0.4) is 0 Å². The first-order valence-corrected chi connectivity index (χ1v) is 8.62. The molecule has 0 saturated carbocycles. The molecule has 0 unspecified atom stereocenters. The summed E-state index contributed by atoms with van der Waals surface area (Å²) in [5, 5.41) is 22.9. The Kier molecular flexibility index (Phi) is 6.18. The molecule has 2 aromatic carbocycles. The van der Waals surface area contributed by atoms with E-state index in [9.17, 15) is 19.5 Å². The highest BCUT2D eigenvalue weighted by Crippen LogP contribution is 2.21. The number of nitrogens with zero attached hydrogens (tertiary/aromatic N) is 2. The van der Waals surface area contributed by atoms with Gasteiger partial charge in [0, 0.05) is 11.8 Å². The lowest BCUT2D eigenvalue weighted by Gasteiger charge is -2.08. The average Bonchev–Trinajstić information content (AvgIpc) is 2.73. The second-order valence-electron chi connectivity index (χ2n) is 5.90. The first-order valence-electron chi connectivity index (χ1n) is 8.62. The highest BCUT2D eigenvalue weighted by Gasteiger charge is 2.16. The van der Waals surface area contributed by atoms with Crippen molar-refractivity contribution in [3.63, 3.8) is 0 Å². The fourth-order valence-electron chi connectivity index (χ4n) is 2.32. The maximum Gasteiger partial charge on any atom is 0.322 e. The van der Waals surface area contributed by atoms with Gasteiger partial charge in [0.15, 0.2) is 0 Å². The summed E-state index contributed by atoms with van der Waals surface area (Å²) in [6, 6.07) is 15.5. The monoisotopic (exact) mass is 408 g/mol. The van der Waals surface area contributed by atoms with Crippen molar-refractivity contribution in [2.45, 2.75) is 0 Å². The Balaban J connectivity index is 1.63. The summed E-state index contributed by atoms with van der Waals surface area (Å²) in [5.74, 6) is -2.36. The molecule has 0 saturated heterocycles. The first-order chi connectivity index (χ1) is 14.4. The Morgan fingerprint density at radius 3 is 2.23 bits per heavy atom. The Hall–Kier alpha value is -4.47. The molecule has 4 N–H and O–H groups in total. The van der Waals surface area contributed by atoms with Gasteiger partial charge in [-0.2, -0.15) is 4.98 Å². The van der Waals surface area contributed by atoms with E-state index in [0.717, 1.165) is 6.20 Å². The zero-order chi connectivity index (χ0) is 21.5. The Bertz CT molecular complexity index is 1070. The van der Waals surface area contributed by atoms with Crippen molar-refractivity contribution in [2.24, 2.45) is 0 Å². The number of aromatic nitrogens is 2. The van der Waals surface area contributed by atoms with Gasteiger partial charge in [-0.05, 0) is 36.4 Å². The number of benzene rings is 2. The molecule has 0 aliphatic heterocycles. The zero-order valence-electron chi connectivity index (χ0n) is 15.4. The second kappa shape index (κ2) is 9.15. The van der Waals surface area contributed by atoms with Crippen LogP contribution in [0.25, 0.3) is 0 Å². The van der Waals surface area contributed by atoms with Crippen molar-refractivity contribution in [3.05, 3.63) is 71.9 Å². The van der Waals surface area contributed by atoms with Crippen molar-refractivity contribution < 1.29 is 29.3 Å². The van der Waals surface area contributed by atoms with Gasteiger partial charge in [-0.15, -0.1) is 0 Å². The van der Waals surface area contributed by atoms with E-state index >= 15 is 0 Å². The summed E-state index contributed by atoms with van der Waals surface area (Å²) < 4.78 is 5.65. The number of carboxylic acid groups (broad SMARTS) is 1. The quantitative estimate of drug-likeness (QED) is 0.464. The largest absolute Gasteiger partial charge is 0.493 e. The number of hydrogen-bond donors (Lipinski definition) is 4. The van der Waals surface area contributed by atoms with Crippen molar-refractivity contribution >= 4 is 23.7 Å². The molecule has 0 aliphatic rings. The first kappa shape index (κ1) is 20.3. The number of carbonyl (C=O) groups excluding carboxylic acids is 2. The Morgan fingerprint density at radius 1 is 0.933 bits per heavy atom. The maximum atomic E-state index is 12.3. The number of para-hydroxylation sites is 1. The van der Waals surface area contributed by atoms with Crippen LogP contribution in [-0.4, -0.2) is 44.5 Å². The van der Waals surface area contributed by atoms with Gasteiger partial charge >= 0.3 is 5.97 Å². The number of ether oxygens (including phenoxy) is 1. The molecule has 3 aromatic rings. The van der Waals surface area contributed by atoms with E-state index in [-0.39, 0.29) is 11.5 Å². The lowest BCUT2D eigenvalue weighted by molar-refractivity contribution is -0.135. The fourth-order valence-corrected chi connectivity index (χ4v) is 2.32. The Morgan fingerprint density at radius 2 is 1.60 bits per heavy atom. The molecule has 0 atom stereocenters. The molecule has 10 nitrogen and oxygen atoms in total. The average molecular weight is 408 g/mol. The molecule has 152 valence electrons. The van der Waals surface area contributed by atoms with Gasteiger partial charge in [0.05, 0.1) is 0 Å². The van der Waals surface area contributed by atoms with Gasteiger partial charge in [-0.1, -0.05) is 18.2 Å². The summed E-state index contributed by atoms with van der Waals surface area (Å²) in [7, 11) is 0. The standard InChI is InChI=1S/C20H16N4O6/c25-16(26)11-21-18(28)15-10-22-20(24-19(15)29)23-17(27)12-6-8-14(9-7-12)30-13-4-2-1-3-5-13/h1-10H,11H2,(H,21,28)(H,25,26)(H2,22,23,24,27,29). The van der Waals surface area contributed by atoms with Gasteiger partial charge in [0.25, 0.3) is 11.8 Å². The molecule has 0 spiro atoms. The molecule has 30 heavy (non-hydrogen) atoms. The third-order valence-corrected chi connectivity index (χ3v) is 3.73. The van der Waals surface area contributed by atoms with Gasteiger partial charge < -0.3 is 20.3 Å². The molecule has 1 aromatic heterocycles. The van der Waals surface area contributed by atoms with E-state index < -0.39 is 30.2 Å². The predicted octanol–water partition coefficient (Wildman–Crippen LogP) is 2.04. The normalized spacial score (nSPS) is 10.1. The summed E-state index contributed by atoms with van der Waals surface area (Å²) in [6.07, 6.45) is 0.978. The number of nitrogens with one attached hydrogen (secondary N) is 2. The maximum absolute atomic E-state index is 12.3. The molecule has 2 amide bonds. The molecule has 1 heterocycles. The van der Waals surface area contributed by atoms with Gasteiger partial charge in [0.1, 0.15) is 23.6 Å². The molecule has 10 heteroatoms. The molecule has 0 bridgehead atoms. The summed E-state index contributed by atoms with van der Waals surface area (Å²) >= 11 is 0. The van der Waals surface area contributed by atoms with Gasteiger partial charge in [0.2, 0.25) is 11.8 Å². The minimum Gasteiger partial charge on any atom is -0.493 e. The van der Waals surface area contributed by atoms with E-state index in [1.165, 1.54) is 0 Å². The van der Waals surface area contributed by atoms with Crippen molar-refractivity contribution in [1.82, 2.24) is 15.3 Å². The number of rotatable bonds is 7. The summed E-state index contributed by atoms with van der Waals surface area (Å²) in [4.78, 5) is 42.0. The zero-order valence-corrected chi connectivity index (χ0v) is 15.4. The van der Waals surface area contributed by atoms with E-state index in [1.54, 1.807) is 36.4 Å². The number of carboxylic acids is 1. The van der Waals surface area contributed by atoms with Crippen LogP contribution in [0.15, 0.2) is 60.8 Å². The van der Waals surface area contributed by atoms with Gasteiger partial charge in [-0.3, -0.25) is 19.7 Å². The molecule has 0 radical (unpaired) electrons. The van der Waals surface area contributed by atoms with E-state index in [0.29, 0.717) is 17.1 Å². The van der Waals surface area contributed by atoms with E-state index in [2.05, 4.69) is 20.6 Å². The van der Waals surface area contributed by atoms with Crippen molar-refractivity contribution in [3.8, 4) is 17.4 Å². The van der Waals surface area contributed by atoms with Gasteiger partial charge in [-0.25, -0.2) is 4.98 Å². The van der Waals surface area contributed by atoms with Crippen LogP contribution in [0.1, 0.15) is 20.7 Å². The minimum absolute atomic E-state index is 0.225. The van der Waals surface area contributed by atoms with Crippen LogP contribution >= 0.6 is 0 Å². The lowest BCUT2D eigenvalue weighted by atomic mass is 10.2. The molecular formula is C20H16N4O6. The van der Waals surface area contributed by atoms with E-state index in [4.69, 9.17) is 9.84 Å². The molecule has 0 fully saturated rings. The van der Waals surface area contributed by atoms with Crippen LogP contribution in [0.2, 0.25) is 0 Å². The van der Waals surface area contributed by atoms with Crippen LogP contribution in [0, 0.1) is 0 Å².